The van der Waals surface area contributed by atoms with Gasteiger partial charge in [-0.2, -0.15) is 0 Å². The molecule has 1 aliphatic rings. The molecule has 0 aromatic rings. The summed E-state index contributed by atoms with van der Waals surface area (Å²) in [7, 11) is 0. The number of amides is 2. The van der Waals surface area contributed by atoms with Crippen LogP contribution in [0.4, 0.5) is 4.79 Å². The quantitative estimate of drug-likeness (QED) is 0.810. The zero-order valence-electron chi connectivity index (χ0n) is 10.9. The lowest BCUT2D eigenvalue weighted by atomic mass is 10.0. The normalized spacial score (nSPS) is 17.1. The van der Waals surface area contributed by atoms with E-state index in [9.17, 15) is 9.59 Å². The minimum atomic E-state index is -0.515. The van der Waals surface area contributed by atoms with Crippen molar-refractivity contribution in [2.75, 3.05) is 19.7 Å². The molecule has 2 amide bonds. The molecule has 0 aromatic heterocycles. The molecule has 0 radical (unpaired) electrons. The van der Waals surface area contributed by atoms with Gasteiger partial charge in [0.25, 0.3) is 0 Å². The Labute approximate surface area is 102 Å². The summed E-state index contributed by atoms with van der Waals surface area (Å²) in [6.45, 7) is 7.50. The molecule has 1 atom stereocenters. The van der Waals surface area contributed by atoms with Gasteiger partial charge in [-0.3, -0.25) is 4.79 Å². The highest BCUT2D eigenvalue weighted by Crippen LogP contribution is 2.13. The number of alkyl carbamates (subject to hydrolysis) is 1. The first-order valence-electron chi connectivity index (χ1n) is 6.28. The van der Waals surface area contributed by atoms with Crippen LogP contribution in [0, 0.1) is 5.92 Å². The van der Waals surface area contributed by atoms with Gasteiger partial charge in [-0.05, 0) is 25.7 Å². The van der Waals surface area contributed by atoms with Gasteiger partial charge in [0.2, 0.25) is 5.91 Å². The third-order valence-electron chi connectivity index (χ3n) is 2.90. The number of rotatable bonds is 4. The summed E-state index contributed by atoms with van der Waals surface area (Å²) in [5, 5.41) is 2.64. The van der Waals surface area contributed by atoms with Gasteiger partial charge in [-0.1, -0.05) is 13.8 Å². The van der Waals surface area contributed by atoms with Gasteiger partial charge in [0, 0.05) is 13.1 Å². The van der Waals surface area contributed by atoms with Crippen LogP contribution in [-0.4, -0.2) is 42.6 Å². The van der Waals surface area contributed by atoms with E-state index < -0.39 is 12.1 Å². The standard InChI is InChI=1S/C12H22N2O3/c1-4-17-12(16)13-10(9(2)3)11(15)14-7-5-6-8-14/h9-10H,4-8H2,1-3H3,(H,13,16). The Morgan fingerprint density at radius 2 is 1.88 bits per heavy atom. The molecule has 0 aromatic carbocycles. The van der Waals surface area contributed by atoms with Crippen LogP contribution in [0.1, 0.15) is 33.6 Å². The molecule has 1 aliphatic heterocycles. The van der Waals surface area contributed by atoms with E-state index in [0.29, 0.717) is 6.61 Å². The summed E-state index contributed by atoms with van der Waals surface area (Å²) in [4.78, 5) is 25.4. The van der Waals surface area contributed by atoms with Gasteiger partial charge in [-0.25, -0.2) is 4.79 Å². The number of likely N-dealkylation sites (tertiary alicyclic amines) is 1. The molecule has 17 heavy (non-hydrogen) atoms. The monoisotopic (exact) mass is 242 g/mol. The largest absolute Gasteiger partial charge is 0.450 e. The fourth-order valence-electron chi connectivity index (χ4n) is 1.95. The summed E-state index contributed by atoms with van der Waals surface area (Å²) in [5.74, 6) is 0.0676. The van der Waals surface area contributed by atoms with Crippen molar-refractivity contribution in [2.24, 2.45) is 5.92 Å². The Morgan fingerprint density at radius 1 is 1.29 bits per heavy atom. The molecule has 5 nitrogen and oxygen atoms in total. The average molecular weight is 242 g/mol. The van der Waals surface area contributed by atoms with Crippen molar-refractivity contribution in [3.05, 3.63) is 0 Å². The molecule has 1 fully saturated rings. The van der Waals surface area contributed by atoms with Gasteiger partial charge in [0.15, 0.2) is 0 Å². The van der Waals surface area contributed by atoms with Crippen LogP contribution in [0.25, 0.3) is 0 Å². The van der Waals surface area contributed by atoms with Crippen LogP contribution in [-0.2, 0) is 9.53 Å². The molecule has 0 bridgehead atoms. The number of hydrogen-bond donors (Lipinski definition) is 1. The third-order valence-corrected chi connectivity index (χ3v) is 2.90. The molecule has 1 saturated heterocycles. The summed E-state index contributed by atoms with van der Waals surface area (Å²) in [6, 6.07) is -0.479. The van der Waals surface area contributed by atoms with E-state index in [4.69, 9.17) is 4.74 Å². The fraction of sp³-hybridized carbons (Fsp3) is 0.833. The van der Waals surface area contributed by atoms with Crippen molar-refractivity contribution in [1.82, 2.24) is 10.2 Å². The van der Waals surface area contributed by atoms with Crippen LogP contribution in [0.2, 0.25) is 0 Å². The highest BCUT2D eigenvalue weighted by Gasteiger charge is 2.30. The molecule has 0 saturated carbocycles. The number of nitrogens with one attached hydrogen (secondary N) is 1. The van der Waals surface area contributed by atoms with Gasteiger partial charge >= 0.3 is 6.09 Å². The zero-order chi connectivity index (χ0) is 12.8. The summed E-state index contributed by atoms with van der Waals surface area (Å²) in [6.07, 6.45) is 1.59. The first-order valence-corrected chi connectivity index (χ1v) is 6.28. The maximum absolute atomic E-state index is 12.2. The lowest BCUT2D eigenvalue weighted by molar-refractivity contribution is -0.133. The van der Waals surface area contributed by atoms with Crippen molar-refractivity contribution in [1.29, 1.82) is 0 Å². The molecular weight excluding hydrogens is 220 g/mol. The molecule has 98 valence electrons. The summed E-state index contributed by atoms with van der Waals surface area (Å²) >= 11 is 0. The Morgan fingerprint density at radius 3 is 2.35 bits per heavy atom. The number of carbonyl (C=O) groups is 2. The van der Waals surface area contributed by atoms with Crippen LogP contribution in [0.3, 0.4) is 0 Å². The molecule has 0 aliphatic carbocycles. The van der Waals surface area contributed by atoms with Crippen LogP contribution < -0.4 is 5.32 Å². The third kappa shape index (κ3) is 3.91. The second-order valence-electron chi connectivity index (χ2n) is 4.62. The average Bonchev–Trinajstić information content (AvgIpc) is 2.78. The topological polar surface area (TPSA) is 58.6 Å². The van der Waals surface area contributed by atoms with Crippen molar-refractivity contribution in [3.63, 3.8) is 0 Å². The smallest absolute Gasteiger partial charge is 0.407 e. The highest BCUT2D eigenvalue weighted by atomic mass is 16.5. The predicted octanol–water partition coefficient (Wildman–Crippen LogP) is 1.38. The van der Waals surface area contributed by atoms with E-state index in [-0.39, 0.29) is 11.8 Å². The first-order chi connectivity index (χ1) is 8.06. The van der Waals surface area contributed by atoms with E-state index in [2.05, 4.69) is 5.32 Å². The minimum absolute atomic E-state index is 0.00514. The number of nitrogens with zero attached hydrogens (tertiary/aromatic N) is 1. The molecule has 5 heteroatoms. The van der Waals surface area contributed by atoms with Gasteiger partial charge < -0.3 is 15.0 Å². The fourth-order valence-corrected chi connectivity index (χ4v) is 1.95. The van der Waals surface area contributed by atoms with E-state index in [1.165, 1.54) is 0 Å². The summed E-state index contributed by atoms with van der Waals surface area (Å²) < 4.78 is 4.81. The van der Waals surface area contributed by atoms with Gasteiger partial charge in [0.05, 0.1) is 6.61 Å². The minimum Gasteiger partial charge on any atom is -0.450 e. The van der Waals surface area contributed by atoms with Crippen LogP contribution in [0.5, 0.6) is 0 Å². The molecule has 1 rings (SSSR count). The Hall–Kier alpha value is -1.26. The van der Waals surface area contributed by atoms with Crippen molar-refractivity contribution < 1.29 is 14.3 Å². The molecule has 1 unspecified atom stereocenters. The second kappa shape index (κ2) is 6.47. The van der Waals surface area contributed by atoms with Gasteiger partial charge in [0.1, 0.15) is 6.04 Å². The first kappa shape index (κ1) is 13.8. The zero-order valence-corrected chi connectivity index (χ0v) is 10.9. The van der Waals surface area contributed by atoms with E-state index in [0.717, 1.165) is 25.9 Å². The van der Waals surface area contributed by atoms with Gasteiger partial charge in [-0.15, -0.1) is 0 Å². The Bertz CT molecular complexity index is 273. The Kier molecular flexibility index (Phi) is 5.25. The lowest BCUT2D eigenvalue weighted by Crippen LogP contribution is -2.50. The SMILES string of the molecule is CCOC(=O)NC(C(=O)N1CCCC1)C(C)C. The number of carbonyl (C=O) groups excluding carboxylic acids is 2. The molecule has 1 heterocycles. The van der Waals surface area contributed by atoms with Crippen LogP contribution in [0.15, 0.2) is 0 Å². The molecular formula is C12H22N2O3. The molecule has 0 spiro atoms. The number of hydrogen-bond acceptors (Lipinski definition) is 3. The van der Waals surface area contributed by atoms with Crippen LogP contribution >= 0.6 is 0 Å². The van der Waals surface area contributed by atoms with Crippen molar-refractivity contribution >= 4 is 12.0 Å². The second-order valence-corrected chi connectivity index (χ2v) is 4.62. The Balaban J connectivity index is 2.58. The predicted molar refractivity (Wildman–Crippen MR) is 64.6 cm³/mol. The van der Waals surface area contributed by atoms with E-state index in [1.807, 2.05) is 18.7 Å². The van der Waals surface area contributed by atoms with E-state index >= 15 is 0 Å². The summed E-state index contributed by atoms with van der Waals surface area (Å²) in [5.41, 5.74) is 0. The molecule has 1 N–H and O–H groups in total. The van der Waals surface area contributed by atoms with Crippen molar-refractivity contribution in [2.45, 2.75) is 39.7 Å². The maximum atomic E-state index is 12.2. The van der Waals surface area contributed by atoms with Crippen molar-refractivity contribution in [3.8, 4) is 0 Å². The number of ether oxygens (including phenoxy) is 1. The highest BCUT2D eigenvalue weighted by molar-refractivity contribution is 5.86. The van der Waals surface area contributed by atoms with E-state index in [1.54, 1.807) is 6.92 Å². The lowest BCUT2D eigenvalue weighted by Gasteiger charge is -2.26. The maximum Gasteiger partial charge on any atom is 0.407 e.